The number of esters is 1. The van der Waals surface area contributed by atoms with Crippen LogP contribution in [0.3, 0.4) is 0 Å². The number of carbonyl (C=O) groups excluding carboxylic acids is 4. The summed E-state index contributed by atoms with van der Waals surface area (Å²) in [6.45, 7) is 4.47. The number of rotatable bonds is 8. The lowest BCUT2D eigenvalue weighted by Crippen LogP contribution is -2.27. The summed E-state index contributed by atoms with van der Waals surface area (Å²) in [4.78, 5) is 48.7. The quantitative estimate of drug-likeness (QED) is 0.400. The molecule has 11 nitrogen and oxygen atoms in total. The zero-order valence-corrected chi connectivity index (χ0v) is 22.0. The molecule has 0 saturated carbocycles. The highest BCUT2D eigenvalue weighted by atomic mass is 35.5. The van der Waals surface area contributed by atoms with E-state index in [-0.39, 0.29) is 11.3 Å². The molecule has 0 aliphatic heterocycles. The Hall–Kier alpha value is -4.22. The first-order valence-corrected chi connectivity index (χ1v) is 11.8. The van der Waals surface area contributed by atoms with Crippen LogP contribution >= 0.6 is 11.6 Å². The third-order valence-electron chi connectivity index (χ3n) is 4.77. The molecular formula is C26H27ClN4O7. The number of hydrogen-bond acceptors (Lipinski definition) is 8. The van der Waals surface area contributed by atoms with E-state index < -0.39 is 42.7 Å². The zero-order chi connectivity index (χ0) is 27.9. The average Bonchev–Trinajstić information content (AvgIpc) is 3.34. The molecule has 3 rings (SSSR count). The molecule has 1 heterocycles. The lowest BCUT2D eigenvalue weighted by molar-refractivity contribution is -0.125. The highest BCUT2D eigenvalue weighted by Crippen LogP contribution is 2.23. The van der Waals surface area contributed by atoms with E-state index in [0.717, 1.165) is 4.68 Å². The molecule has 0 atom stereocenters. The van der Waals surface area contributed by atoms with Crippen LogP contribution in [-0.2, 0) is 23.8 Å². The van der Waals surface area contributed by atoms with Gasteiger partial charge in [-0.1, -0.05) is 23.7 Å². The molecule has 0 saturated heterocycles. The fraction of sp³-hybridized carbons (Fsp3) is 0.269. The van der Waals surface area contributed by atoms with Crippen molar-refractivity contribution in [2.75, 3.05) is 31.0 Å². The van der Waals surface area contributed by atoms with E-state index >= 15 is 0 Å². The number of nitrogens with one attached hydrogen (secondary N) is 2. The third-order valence-corrected chi connectivity index (χ3v) is 5.01. The van der Waals surface area contributed by atoms with Crippen LogP contribution in [0, 0.1) is 0 Å². The molecule has 200 valence electrons. The highest BCUT2D eigenvalue weighted by Gasteiger charge is 2.19. The molecule has 12 heteroatoms. The minimum Gasteiger partial charge on any atom is -0.465 e. The van der Waals surface area contributed by atoms with Gasteiger partial charge in [0.05, 0.1) is 24.6 Å². The average molecular weight is 543 g/mol. The second kappa shape index (κ2) is 12.3. The predicted octanol–water partition coefficient (Wildman–Crippen LogP) is 4.37. The van der Waals surface area contributed by atoms with Crippen molar-refractivity contribution in [2.45, 2.75) is 26.4 Å². The van der Waals surface area contributed by atoms with E-state index in [1.807, 2.05) is 0 Å². The van der Waals surface area contributed by atoms with Crippen molar-refractivity contribution in [3.63, 3.8) is 0 Å². The van der Waals surface area contributed by atoms with Crippen molar-refractivity contribution < 1.29 is 33.4 Å². The van der Waals surface area contributed by atoms with E-state index in [1.165, 1.54) is 37.7 Å². The van der Waals surface area contributed by atoms with E-state index in [9.17, 15) is 19.2 Å². The maximum atomic E-state index is 12.3. The number of aromatic nitrogens is 2. The zero-order valence-electron chi connectivity index (χ0n) is 21.2. The minimum atomic E-state index is -0.664. The molecular weight excluding hydrogens is 516 g/mol. The molecule has 0 spiro atoms. The summed E-state index contributed by atoms with van der Waals surface area (Å²) in [7, 11) is 1.21. The Morgan fingerprint density at radius 3 is 2.37 bits per heavy atom. The smallest absolute Gasteiger partial charge is 0.435 e. The Balaban J connectivity index is 1.52. The lowest BCUT2D eigenvalue weighted by atomic mass is 10.1. The summed E-state index contributed by atoms with van der Waals surface area (Å²) in [6, 6.07) is 11.3. The van der Waals surface area contributed by atoms with E-state index in [1.54, 1.807) is 45.0 Å². The van der Waals surface area contributed by atoms with Crippen molar-refractivity contribution in [3.05, 3.63) is 65.4 Å². The Kier molecular flexibility index (Phi) is 9.21. The molecule has 2 N–H and O–H groups in total. The van der Waals surface area contributed by atoms with Gasteiger partial charge in [-0.2, -0.15) is 9.78 Å². The summed E-state index contributed by atoms with van der Waals surface area (Å²) >= 11 is 5.91. The molecule has 1 aromatic heterocycles. The number of ether oxygens (including phenoxy) is 3. The van der Waals surface area contributed by atoms with Crippen LogP contribution < -0.4 is 10.6 Å². The second-order valence-electron chi connectivity index (χ2n) is 9.01. The number of hydrogen-bond donors (Lipinski definition) is 2. The van der Waals surface area contributed by atoms with Gasteiger partial charge in [0.15, 0.2) is 0 Å². The van der Waals surface area contributed by atoms with Crippen LogP contribution in [0.25, 0.3) is 11.1 Å². The number of amides is 2. The standard InChI is InChI=1S/C26H27ClN4O7/c1-26(2,3)38-25(35)31-13-17(12-28-31)16-6-5-7-19(10-16)29-22(32)14-37-15-23(33)30-21-9-8-18(27)11-20(21)24(34)36-4/h5-13H,14-15H2,1-4H3,(H,29,32)(H,30,33). The fourth-order valence-corrected chi connectivity index (χ4v) is 3.35. The maximum absolute atomic E-state index is 12.3. The summed E-state index contributed by atoms with van der Waals surface area (Å²) in [6.07, 6.45) is 2.44. The lowest BCUT2D eigenvalue weighted by Gasteiger charge is -2.18. The molecule has 0 bridgehead atoms. The van der Waals surface area contributed by atoms with Crippen LogP contribution in [0.2, 0.25) is 5.02 Å². The first kappa shape index (κ1) is 28.4. The Morgan fingerprint density at radius 1 is 0.974 bits per heavy atom. The Morgan fingerprint density at radius 2 is 1.68 bits per heavy atom. The summed E-state index contributed by atoms with van der Waals surface area (Å²) in [5.74, 6) is -1.72. The molecule has 3 aromatic rings. The third kappa shape index (κ3) is 8.15. The van der Waals surface area contributed by atoms with Gasteiger partial charge in [0, 0.05) is 22.5 Å². The second-order valence-corrected chi connectivity index (χ2v) is 9.44. The van der Waals surface area contributed by atoms with Gasteiger partial charge in [0.2, 0.25) is 11.8 Å². The van der Waals surface area contributed by atoms with E-state index in [2.05, 4.69) is 20.5 Å². The van der Waals surface area contributed by atoms with Crippen molar-refractivity contribution in [3.8, 4) is 11.1 Å². The van der Waals surface area contributed by atoms with Crippen molar-refractivity contribution >= 4 is 46.9 Å². The molecule has 2 amide bonds. The van der Waals surface area contributed by atoms with Gasteiger partial charge >= 0.3 is 12.1 Å². The minimum absolute atomic E-state index is 0.0858. The molecule has 0 unspecified atom stereocenters. The van der Waals surface area contributed by atoms with Gasteiger partial charge in [-0.25, -0.2) is 9.59 Å². The topological polar surface area (TPSA) is 138 Å². The Labute approximate surface area is 224 Å². The normalized spacial score (nSPS) is 11.0. The van der Waals surface area contributed by atoms with Crippen molar-refractivity contribution in [1.29, 1.82) is 0 Å². The molecule has 0 aliphatic rings. The molecule has 38 heavy (non-hydrogen) atoms. The van der Waals surface area contributed by atoms with Crippen LogP contribution in [0.1, 0.15) is 31.1 Å². The van der Waals surface area contributed by atoms with Crippen molar-refractivity contribution in [2.24, 2.45) is 0 Å². The largest absolute Gasteiger partial charge is 0.465 e. The SMILES string of the molecule is COC(=O)c1cc(Cl)ccc1NC(=O)COCC(=O)Nc1cccc(-c2cnn(C(=O)OC(C)(C)C)c2)c1. The monoisotopic (exact) mass is 542 g/mol. The molecule has 0 radical (unpaired) electrons. The van der Waals surface area contributed by atoms with Gasteiger partial charge in [0.1, 0.15) is 18.8 Å². The summed E-state index contributed by atoms with van der Waals surface area (Å²) in [5, 5.41) is 9.56. The maximum Gasteiger partial charge on any atom is 0.435 e. The Bertz CT molecular complexity index is 1350. The van der Waals surface area contributed by atoms with Crippen LogP contribution in [0.4, 0.5) is 16.2 Å². The molecule has 0 fully saturated rings. The van der Waals surface area contributed by atoms with Gasteiger partial charge in [-0.3, -0.25) is 9.59 Å². The number of methoxy groups -OCH3 is 1. The van der Waals surface area contributed by atoms with Gasteiger partial charge < -0.3 is 24.8 Å². The first-order valence-electron chi connectivity index (χ1n) is 11.4. The van der Waals surface area contributed by atoms with Crippen molar-refractivity contribution in [1.82, 2.24) is 9.78 Å². The van der Waals surface area contributed by atoms with Gasteiger partial charge in [0.25, 0.3) is 0 Å². The first-order chi connectivity index (χ1) is 17.9. The van der Waals surface area contributed by atoms with E-state index in [0.29, 0.717) is 21.8 Å². The number of anilines is 2. The number of nitrogens with zero attached hydrogens (tertiary/aromatic N) is 2. The molecule has 2 aromatic carbocycles. The predicted molar refractivity (Wildman–Crippen MR) is 140 cm³/mol. The van der Waals surface area contributed by atoms with Crippen LogP contribution in [0.5, 0.6) is 0 Å². The number of benzene rings is 2. The molecule has 0 aliphatic carbocycles. The number of carbonyl (C=O) groups is 4. The van der Waals surface area contributed by atoms with E-state index in [4.69, 9.17) is 21.1 Å². The highest BCUT2D eigenvalue weighted by molar-refractivity contribution is 6.31. The van der Waals surface area contributed by atoms with Crippen LogP contribution in [0.15, 0.2) is 54.9 Å². The van der Waals surface area contributed by atoms with Crippen LogP contribution in [-0.4, -0.2) is 59.6 Å². The fourth-order valence-electron chi connectivity index (χ4n) is 3.18. The van der Waals surface area contributed by atoms with Gasteiger partial charge in [-0.15, -0.1) is 0 Å². The summed E-state index contributed by atoms with van der Waals surface area (Å²) in [5.41, 5.74) is 1.47. The number of halogens is 1. The van der Waals surface area contributed by atoms with Gasteiger partial charge in [-0.05, 0) is 56.7 Å². The summed E-state index contributed by atoms with van der Waals surface area (Å²) < 4.78 is 16.3.